The maximum atomic E-state index is 11.6. The third kappa shape index (κ3) is 8.60. The molecule has 0 aliphatic carbocycles. The number of pyridine rings is 2. The molecule has 4 aromatic carbocycles. The quantitative estimate of drug-likeness (QED) is 0.109. The van der Waals surface area contributed by atoms with Gasteiger partial charge in [0.15, 0.2) is 6.10 Å². The van der Waals surface area contributed by atoms with E-state index < -0.39 is 18.2 Å². The van der Waals surface area contributed by atoms with E-state index in [9.17, 15) is 9.90 Å². The summed E-state index contributed by atoms with van der Waals surface area (Å²) in [6, 6.07) is 39.1. The first-order valence-corrected chi connectivity index (χ1v) is 16.0. The summed E-state index contributed by atoms with van der Waals surface area (Å²) in [6.07, 6.45) is 0.0574. The molecule has 6 aromatic rings. The zero-order valence-electron chi connectivity index (χ0n) is 26.7. The standard InChI is InChI=1S/C40H37N3O5/c1-27(40(44)45)48-36(21-12-28-10-19-34(20-11-28)46-25-32-17-13-30-6-2-4-8-38(30)42-32)24-37(41)29-15-22-35(23-16-29)47-26-33-18-14-31-7-3-5-9-39(31)43-33/h2-11,13-20,22-23,27,36,41H,12,21,24-26H2,1H3,(H,44,45). The Bertz CT molecular complexity index is 2010. The number of aliphatic carboxylic acids is 1. The van der Waals surface area contributed by atoms with Gasteiger partial charge in [-0.05, 0) is 91.6 Å². The minimum absolute atomic E-state index is 0.277. The average molecular weight is 640 g/mol. The molecule has 2 unspecified atom stereocenters. The van der Waals surface area contributed by atoms with Crippen LogP contribution in [0.5, 0.6) is 11.5 Å². The van der Waals surface area contributed by atoms with Gasteiger partial charge in [-0.2, -0.15) is 0 Å². The van der Waals surface area contributed by atoms with Gasteiger partial charge in [-0.25, -0.2) is 14.8 Å². The zero-order chi connectivity index (χ0) is 33.3. The van der Waals surface area contributed by atoms with Crippen molar-refractivity contribution in [1.82, 2.24) is 9.97 Å². The van der Waals surface area contributed by atoms with Crippen molar-refractivity contribution < 1.29 is 24.1 Å². The van der Waals surface area contributed by atoms with E-state index in [1.807, 2.05) is 121 Å². The highest BCUT2D eigenvalue weighted by atomic mass is 16.5. The second kappa shape index (κ2) is 15.3. The maximum Gasteiger partial charge on any atom is 0.332 e. The summed E-state index contributed by atoms with van der Waals surface area (Å²) in [6.45, 7) is 2.22. The molecule has 0 aliphatic rings. The molecule has 8 nitrogen and oxygen atoms in total. The molecule has 0 bridgehead atoms. The normalized spacial score (nSPS) is 12.4. The van der Waals surface area contributed by atoms with E-state index in [0.717, 1.165) is 50.1 Å². The Morgan fingerprint density at radius 3 is 1.77 bits per heavy atom. The van der Waals surface area contributed by atoms with Crippen LogP contribution < -0.4 is 9.47 Å². The van der Waals surface area contributed by atoms with Gasteiger partial charge in [0.1, 0.15) is 24.7 Å². The summed E-state index contributed by atoms with van der Waals surface area (Å²) in [7, 11) is 0. The molecular weight excluding hydrogens is 602 g/mol. The Labute approximate surface area is 279 Å². The zero-order valence-corrected chi connectivity index (χ0v) is 26.7. The van der Waals surface area contributed by atoms with Gasteiger partial charge in [-0.1, -0.05) is 60.7 Å². The molecular formula is C40H37N3O5. The Kier molecular flexibility index (Phi) is 10.3. The molecule has 2 atom stereocenters. The maximum absolute atomic E-state index is 11.6. The number of rotatable bonds is 15. The summed E-state index contributed by atoms with van der Waals surface area (Å²) >= 11 is 0. The molecule has 8 heteroatoms. The number of carbonyl (C=O) groups is 1. The van der Waals surface area contributed by atoms with Crippen LogP contribution >= 0.6 is 0 Å². The predicted octanol–water partition coefficient (Wildman–Crippen LogP) is 8.19. The number of hydrogen-bond donors (Lipinski definition) is 2. The van der Waals surface area contributed by atoms with Crippen LogP contribution in [0.15, 0.2) is 121 Å². The van der Waals surface area contributed by atoms with E-state index in [4.69, 9.17) is 19.6 Å². The van der Waals surface area contributed by atoms with Crippen molar-refractivity contribution in [3.05, 3.63) is 144 Å². The highest BCUT2D eigenvalue weighted by Gasteiger charge is 2.21. The third-order valence-electron chi connectivity index (χ3n) is 8.14. The molecule has 0 aliphatic heterocycles. The minimum atomic E-state index is -1.03. The average Bonchev–Trinajstić information content (AvgIpc) is 3.12. The van der Waals surface area contributed by atoms with Crippen LogP contribution in [0, 0.1) is 5.41 Å². The number of benzene rings is 4. The minimum Gasteiger partial charge on any atom is -0.487 e. The molecule has 0 saturated carbocycles. The monoisotopic (exact) mass is 639 g/mol. The Morgan fingerprint density at radius 2 is 1.23 bits per heavy atom. The number of carboxylic acid groups (broad SMARTS) is 1. The predicted molar refractivity (Wildman–Crippen MR) is 187 cm³/mol. The van der Waals surface area contributed by atoms with E-state index in [1.54, 1.807) is 0 Å². The number of nitrogens with one attached hydrogen (secondary N) is 1. The van der Waals surface area contributed by atoms with Crippen LogP contribution in [-0.4, -0.2) is 39.0 Å². The van der Waals surface area contributed by atoms with Gasteiger partial charge in [-0.15, -0.1) is 0 Å². The molecule has 0 saturated heterocycles. The van der Waals surface area contributed by atoms with Gasteiger partial charge < -0.3 is 24.7 Å². The SMILES string of the molecule is CC(OC(CCc1ccc(OCc2ccc3ccccc3n2)cc1)CC(=N)c1ccc(OCc2ccc3ccccc3n2)cc1)C(=O)O. The molecule has 0 spiro atoms. The fourth-order valence-electron chi connectivity index (χ4n) is 5.43. The molecule has 6 rings (SSSR count). The first kappa shape index (κ1) is 32.3. The Hall–Kier alpha value is -5.60. The molecule has 0 amide bonds. The fraction of sp³-hybridized carbons (Fsp3) is 0.200. The van der Waals surface area contributed by atoms with Gasteiger partial charge in [0, 0.05) is 22.9 Å². The topological polar surface area (TPSA) is 115 Å². The van der Waals surface area contributed by atoms with Crippen LogP contribution in [0.2, 0.25) is 0 Å². The number of para-hydroxylation sites is 2. The van der Waals surface area contributed by atoms with E-state index >= 15 is 0 Å². The summed E-state index contributed by atoms with van der Waals surface area (Å²) in [5.41, 5.74) is 5.71. The molecule has 48 heavy (non-hydrogen) atoms. The summed E-state index contributed by atoms with van der Waals surface area (Å²) in [4.78, 5) is 20.9. The van der Waals surface area contributed by atoms with Gasteiger partial charge in [0.2, 0.25) is 0 Å². The van der Waals surface area contributed by atoms with Crippen molar-refractivity contribution in [3.63, 3.8) is 0 Å². The second-order valence-electron chi connectivity index (χ2n) is 11.7. The van der Waals surface area contributed by atoms with E-state index in [2.05, 4.69) is 9.97 Å². The summed E-state index contributed by atoms with van der Waals surface area (Å²) in [5, 5.41) is 20.4. The number of hydrogen-bond acceptors (Lipinski definition) is 7. The highest BCUT2D eigenvalue weighted by molar-refractivity contribution is 5.98. The highest BCUT2D eigenvalue weighted by Crippen LogP contribution is 2.21. The lowest BCUT2D eigenvalue weighted by Gasteiger charge is -2.21. The van der Waals surface area contributed by atoms with Crippen LogP contribution in [0.3, 0.4) is 0 Å². The van der Waals surface area contributed by atoms with Crippen molar-refractivity contribution in [2.75, 3.05) is 0 Å². The van der Waals surface area contributed by atoms with E-state index in [1.165, 1.54) is 6.92 Å². The van der Waals surface area contributed by atoms with E-state index in [-0.39, 0.29) is 6.42 Å². The van der Waals surface area contributed by atoms with Gasteiger partial charge >= 0.3 is 5.97 Å². The number of aryl methyl sites for hydroxylation is 1. The smallest absolute Gasteiger partial charge is 0.332 e. The first-order chi connectivity index (χ1) is 23.4. The Balaban J connectivity index is 1.02. The third-order valence-corrected chi connectivity index (χ3v) is 8.14. The van der Waals surface area contributed by atoms with Crippen LogP contribution in [0.4, 0.5) is 0 Å². The fourth-order valence-corrected chi connectivity index (χ4v) is 5.43. The molecule has 2 N–H and O–H groups in total. The Morgan fingerprint density at radius 1 is 0.708 bits per heavy atom. The van der Waals surface area contributed by atoms with Gasteiger partial charge in [0.05, 0.1) is 28.5 Å². The lowest BCUT2D eigenvalue weighted by Crippen LogP contribution is -2.29. The lowest BCUT2D eigenvalue weighted by molar-refractivity contribution is -0.152. The van der Waals surface area contributed by atoms with Gasteiger partial charge in [-0.3, -0.25) is 0 Å². The van der Waals surface area contributed by atoms with Crippen molar-refractivity contribution in [1.29, 1.82) is 5.41 Å². The van der Waals surface area contributed by atoms with Crippen molar-refractivity contribution >= 4 is 33.5 Å². The lowest BCUT2D eigenvalue weighted by atomic mass is 9.99. The number of nitrogens with zero attached hydrogens (tertiary/aromatic N) is 2. The number of carboxylic acids is 1. The molecule has 242 valence electrons. The molecule has 2 aromatic heterocycles. The summed E-state index contributed by atoms with van der Waals surface area (Å²) < 4.78 is 17.8. The first-order valence-electron chi connectivity index (χ1n) is 16.0. The number of ether oxygens (including phenoxy) is 3. The van der Waals surface area contributed by atoms with Crippen LogP contribution in [-0.2, 0) is 29.2 Å². The summed E-state index contributed by atoms with van der Waals surface area (Å²) in [5.74, 6) is 0.384. The molecule has 0 radical (unpaired) electrons. The van der Waals surface area contributed by atoms with Crippen LogP contribution in [0.25, 0.3) is 21.8 Å². The number of aromatic nitrogens is 2. The second-order valence-corrected chi connectivity index (χ2v) is 11.7. The van der Waals surface area contributed by atoms with Crippen molar-refractivity contribution in [3.8, 4) is 11.5 Å². The number of fused-ring (bicyclic) bond motifs is 2. The largest absolute Gasteiger partial charge is 0.487 e. The van der Waals surface area contributed by atoms with Crippen molar-refractivity contribution in [2.45, 2.75) is 51.6 Å². The van der Waals surface area contributed by atoms with Crippen LogP contribution in [0.1, 0.15) is 42.3 Å². The van der Waals surface area contributed by atoms with E-state index in [0.29, 0.717) is 37.5 Å². The molecule has 2 heterocycles. The van der Waals surface area contributed by atoms with Crippen molar-refractivity contribution in [2.24, 2.45) is 0 Å². The van der Waals surface area contributed by atoms with Gasteiger partial charge in [0.25, 0.3) is 0 Å². The molecule has 0 fully saturated rings.